The molecule has 0 spiro atoms. The second kappa shape index (κ2) is 10.6. The molecule has 7 nitrogen and oxygen atoms in total. The van der Waals surface area contributed by atoms with Gasteiger partial charge < -0.3 is 10.1 Å². The third kappa shape index (κ3) is 5.52. The van der Waals surface area contributed by atoms with Crippen molar-refractivity contribution in [2.75, 3.05) is 12.4 Å². The lowest BCUT2D eigenvalue weighted by atomic mass is 10.1. The number of hydrogen-bond donors (Lipinski definition) is 2. The molecule has 0 aliphatic carbocycles. The van der Waals surface area contributed by atoms with Gasteiger partial charge in [-0.3, -0.25) is 10.1 Å². The maximum atomic E-state index is 12.4. The molecular weight excluding hydrogens is 470 g/mol. The number of aryl methyl sites for hydroxylation is 1. The number of carbonyl (C=O) groups excluding carboxylic acids is 1. The Labute approximate surface area is 208 Å². The van der Waals surface area contributed by atoms with Gasteiger partial charge in [-0.05, 0) is 79.2 Å². The number of aromatic nitrogens is 3. The third-order valence-corrected chi connectivity index (χ3v) is 5.80. The highest BCUT2D eigenvalue weighted by atomic mass is 35.5. The zero-order valence-corrected chi connectivity index (χ0v) is 20.4. The maximum absolute atomic E-state index is 12.4. The van der Waals surface area contributed by atoms with Crippen molar-refractivity contribution >= 4 is 51.6 Å². The van der Waals surface area contributed by atoms with Crippen LogP contribution in [0.15, 0.2) is 60.7 Å². The summed E-state index contributed by atoms with van der Waals surface area (Å²) in [6, 6.07) is 18.4. The number of methoxy groups -OCH3 is 1. The lowest BCUT2D eigenvalue weighted by Crippen LogP contribution is -2.34. The second-order valence-corrected chi connectivity index (χ2v) is 8.53. The Bertz CT molecular complexity index is 1320. The zero-order chi connectivity index (χ0) is 24.1. The van der Waals surface area contributed by atoms with E-state index in [-0.39, 0.29) is 11.0 Å². The van der Waals surface area contributed by atoms with Crippen LogP contribution in [0.25, 0.3) is 16.7 Å². The number of rotatable bonds is 7. The summed E-state index contributed by atoms with van der Waals surface area (Å²) in [5.41, 5.74) is 4.43. The fraction of sp³-hybridized carbons (Fsp3) is 0.200. The molecule has 0 aliphatic heterocycles. The minimum Gasteiger partial charge on any atom is -0.497 e. The van der Waals surface area contributed by atoms with Crippen LogP contribution in [0.5, 0.6) is 5.75 Å². The molecule has 2 N–H and O–H groups in total. The van der Waals surface area contributed by atoms with E-state index in [9.17, 15) is 4.79 Å². The van der Waals surface area contributed by atoms with Gasteiger partial charge in [-0.25, -0.2) is 0 Å². The van der Waals surface area contributed by atoms with Crippen LogP contribution >= 0.6 is 23.8 Å². The summed E-state index contributed by atoms with van der Waals surface area (Å²) in [6.07, 6.45) is 3.39. The molecule has 1 amide bonds. The lowest BCUT2D eigenvalue weighted by Gasteiger charge is -2.11. The first-order valence-electron chi connectivity index (χ1n) is 10.9. The van der Waals surface area contributed by atoms with Crippen molar-refractivity contribution in [1.29, 1.82) is 0 Å². The molecule has 0 saturated carbocycles. The average Bonchev–Trinajstić information content (AvgIpc) is 3.25. The van der Waals surface area contributed by atoms with E-state index in [0.717, 1.165) is 12.1 Å². The summed E-state index contributed by atoms with van der Waals surface area (Å²) in [4.78, 5) is 14.0. The van der Waals surface area contributed by atoms with Crippen molar-refractivity contribution < 1.29 is 9.53 Å². The quantitative estimate of drug-likeness (QED) is 0.328. The summed E-state index contributed by atoms with van der Waals surface area (Å²) >= 11 is 11.7. The van der Waals surface area contributed by atoms with Crippen molar-refractivity contribution in [3.63, 3.8) is 0 Å². The molecule has 4 aromatic rings. The topological polar surface area (TPSA) is 81.1 Å². The fourth-order valence-electron chi connectivity index (χ4n) is 3.40. The first-order chi connectivity index (χ1) is 16.5. The number of carbonyl (C=O) groups is 1. The largest absolute Gasteiger partial charge is 0.497 e. The molecule has 0 bridgehead atoms. The van der Waals surface area contributed by atoms with Gasteiger partial charge in [0.05, 0.1) is 23.5 Å². The minimum absolute atomic E-state index is 0.122. The number of nitrogens with zero attached hydrogens (tertiary/aromatic N) is 3. The number of halogens is 1. The normalized spacial score (nSPS) is 10.8. The van der Waals surface area contributed by atoms with Crippen LogP contribution in [0.2, 0.25) is 5.02 Å². The van der Waals surface area contributed by atoms with E-state index >= 15 is 0 Å². The molecule has 9 heteroatoms. The number of unbranched alkanes of at least 4 members (excludes halogenated alkanes) is 1. The van der Waals surface area contributed by atoms with Crippen LogP contribution in [0, 0.1) is 0 Å². The summed E-state index contributed by atoms with van der Waals surface area (Å²) in [5, 5.41) is 15.3. The van der Waals surface area contributed by atoms with E-state index in [1.807, 2.05) is 12.1 Å². The van der Waals surface area contributed by atoms with Crippen molar-refractivity contribution in [2.24, 2.45) is 0 Å². The molecule has 0 radical (unpaired) electrons. The van der Waals surface area contributed by atoms with Gasteiger partial charge in [0.1, 0.15) is 16.8 Å². The monoisotopic (exact) mass is 493 g/mol. The highest BCUT2D eigenvalue weighted by Gasteiger charge is 2.13. The molecular formula is C25H24ClN5O2S. The van der Waals surface area contributed by atoms with Crippen LogP contribution in [0.3, 0.4) is 0 Å². The molecule has 34 heavy (non-hydrogen) atoms. The van der Waals surface area contributed by atoms with E-state index in [1.54, 1.807) is 48.3 Å². The zero-order valence-electron chi connectivity index (χ0n) is 18.8. The number of benzene rings is 3. The predicted octanol–water partition coefficient (Wildman–Crippen LogP) is 5.55. The maximum Gasteiger partial charge on any atom is 0.257 e. The van der Waals surface area contributed by atoms with Gasteiger partial charge >= 0.3 is 0 Å². The van der Waals surface area contributed by atoms with Gasteiger partial charge in [0, 0.05) is 5.56 Å². The molecule has 1 aromatic heterocycles. The van der Waals surface area contributed by atoms with Crippen molar-refractivity contribution in [3.8, 4) is 11.4 Å². The molecule has 0 aliphatic rings. The molecule has 0 fully saturated rings. The Morgan fingerprint density at radius 2 is 1.74 bits per heavy atom. The standard InChI is InChI=1S/C25H24ClN5O2S/c1-3-4-5-16-6-10-18(11-7-16)31-29-22-14-20(26)21(15-23(22)30-31)27-25(34)28-24(32)17-8-12-19(33-2)13-9-17/h6-15H,3-5H2,1-2H3,(H2,27,28,32,34). The minimum atomic E-state index is -0.342. The average molecular weight is 494 g/mol. The van der Waals surface area contributed by atoms with E-state index < -0.39 is 0 Å². The Balaban J connectivity index is 1.47. The van der Waals surface area contributed by atoms with Crippen molar-refractivity contribution in [2.45, 2.75) is 26.2 Å². The van der Waals surface area contributed by atoms with E-state index in [0.29, 0.717) is 33.1 Å². The Kier molecular flexibility index (Phi) is 7.40. The Morgan fingerprint density at radius 3 is 2.38 bits per heavy atom. The van der Waals surface area contributed by atoms with Gasteiger partial charge in [-0.1, -0.05) is 37.1 Å². The second-order valence-electron chi connectivity index (χ2n) is 7.72. The third-order valence-electron chi connectivity index (χ3n) is 5.28. The molecule has 174 valence electrons. The van der Waals surface area contributed by atoms with E-state index in [4.69, 9.17) is 28.6 Å². The SMILES string of the molecule is CCCCc1ccc(-n2nc3cc(Cl)c(NC(=S)NC(=O)c4ccc(OC)cc4)cc3n2)cc1. The summed E-state index contributed by atoms with van der Waals surface area (Å²) in [5.74, 6) is 0.323. The number of fused-ring (bicyclic) bond motifs is 1. The summed E-state index contributed by atoms with van der Waals surface area (Å²) < 4.78 is 5.11. The number of nitrogens with one attached hydrogen (secondary N) is 2. The van der Waals surface area contributed by atoms with Gasteiger partial charge in [-0.15, -0.1) is 10.2 Å². The highest BCUT2D eigenvalue weighted by molar-refractivity contribution is 7.80. The first-order valence-corrected chi connectivity index (χ1v) is 11.7. The number of hydrogen-bond acceptors (Lipinski definition) is 5. The summed E-state index contributed by atoms with van der Waals surface area (Å²) in [6.45, 7) is 2.18. The number of ether oxygens (including phenoxy) is 1. The highest BCUT2D eigenvalue weighted by Crippen LogP contribution is 2.27. The number of anilines is 1. The van der Waals surface area contributed by atoms with E-state index in [1.165, 1.54) is 18.4 Å². The van der Waals surface area contributed by atoms with Gasteiger partial charge in [0.15, 0.2) is 5.11 Å². The van der Waals surface area contributed by atoms with Gasteiger partial charge in [0.2, 0.25) is 0 Å². The van der Waals surface area contributed by atoms with Crippen molar-refractivity contribution in [3.05, 3.63) is 76.8 Å². The van der Waals surface area contributed by atoms with Crippen molar-refractivity contribution in [1.82, 2.24) is 20.3 Å². The van der Waals surface area contributed by atoms with Crippen LogP contribution in [-0.4, -0.2) is 33.1 Å². The molecule has 0 atom stereocenters. The fourth-order valence-corrected chi connectivity index (χ4v) is 3.81. The molecule has 4 rings (SSSR count). The Morgan fingerprint density at radius 1 is 1.06 bits per heavy atom. The van der Waals surface area contributed by atoms with Crippen LogP contribution in [0.4, 0.5) is 5.69 Å². The number of thiocarbonyl (C=S) groups is 1. The first kappa shape index (κ1) is 23.7. The lowest BCUT2D eigenvalue weighted by molar-refractivity contribution is 0.0977. The van der Waals surface area contributed by atoms with Crippen LogP contribution in [-0.2, 0) is 6.42 Å². The van der Waals surface area contributed by atoms with E-state index in [2.05, 4.69) is 39.9 Å². The van der Waals surface area contributed by atoms with Crippen LogP contribution < -0.4 is 15.4 Å². The summed E-state index contributed by atoms with van der Waals surface area (Å²) in [7, 11) is 1.57. The van der Waals surface area contributed by atoms with Gasteiger partial charge in [0.25, 0.3) is 5.91 Å². The predicted molar refractivity (Wildman–Crippen MR) is 139 cm³/mol. The molecule has 3 aromatic carbocycles. The van der Waals surface area contributed by atoms with Crippen LogP contribution in [0.1, 0.15) is 35.7 Å². The molecule has 0 saturated heterocycles. The smallest absolute Gasteiger partial charge is 0.257 e. The molecule has 0 unspecified atom stereocenters. The Hall–Kier alpha value is -3.49. The van der Waals surface area contributed by atoms with Gasteiger partial charge in [-0.2, -0.15) is 4.80 Å². The molecule has 1 heterocycles. The number of amides is 1.